The average molecular weight is 295 g/mol. The molecule has 2 N–H and O–H groups in total. The maximum atomic E-state index is 12.1. The van der Waals surface area contributed by atoms with Crippen LogP contribution in [0.3, 0.4) is 0 Å². The van der Waals surface area contributed by atoms with E-state index in [1.54, 1.807) is 22.7 Å². The van der Waals surface area contributed by atoms with Crippen molar-refractivity contribution < 1.29 is 14.7 Å². The Morgan fingerprint density at radius 3 is 2.67 bits per heavy atom. The van der Waals surface area contributed by atoms with E-state index in [1.165, 1.54) is 0 Å². The third-order valence-corrected chi connectivity index (χ3v) is 4.09. The molecule has 0 aromatic carbocycles. The zero-order chi connectivity index (χ0) is 15.5. The van der Waals surface area contributed by atoms with Crippen LogP contribution in [-0.4, -0.2) is 50.1 Å². The van der Waals surface area contributed by atoms with Gasteiger partial charge in [-0.15, -0.1) is 5.10 Å². The quantitative estimate of drug-likeness (QED) is 0.851. The Hall–Kier alpha value is -2.12. The van der Waals surface area contributed by atoms with Crippen LogP contribution in [0.15, 0.2) is 6.20 Å². The summed E-state index contributed by atoms with van der Waals surface area (Å²) >= 11 is 0. The Morgan fingerprint density at radius 1 is 1.43 bits per heavy atom. The van der Waals surface area contributed by atoms with Crippen molar-refractivity contribution in [3.63, 3.8) is 0 Å². The van der Waals surface area contributed by atoms with Gasteiger partial charge in [0.2, 0.25) is 0 Å². The second-order valence-electron chi connectivity index (χ2n) is 5.55. The third kappa shape index (κ3) is 3.32. The number of hydrogen-bond acceptors (Lipinski definition) is 4. The van der Waals surface area contributed by atoms with Crippen molar-refractivity contribution in [2.45, 2.75) is 39.8 Å². The molecule has 0 unspecified atom stereocenters. The number of aromatic nitrogens is 3. The van der Waals surface area contributed by atoms with Gasteiger partial charge in [0.15, 0.2) is 0 Å². The molecule has 0 radical (unpaired) electrons. The minimum absolute atomic E-state index is 0.175. The molecule has 1 aromatic rings. The van der Waals surface area contributed by atoms with E-state index in [9.17, 15) is 14.7 Å². The second kappa shape index (κ2) is 6.11. The SMILES string of the molecule is CCn1nncc1CNC(=O)N1CCC(C)(C(=O)O)CC1. The van der Waals surface area contributed by atoms with Crippen molar-refractivity contribution >= 4 is 12.0 Å². The molecule has 0 aliphatic carbocycles. The Bertz CT molecular complexity index is 520. The standard InChI is InChI=1S/C13H21N5O3/c1-3-18-10(9-15-16-18)8-14-12(21)17-6-4-13(2,5-7-17)11(19)20/h9H,3-8H2,1-2H3,(H,14,21)(H,19,20). The summed E-state index contributed by atoms with van der Waals surface area (Å²) in [5, 5.41) is 19.7. The zero-order valence-electron chi connectivity index (χ0n) is 12.4. The van der Waals surface area contributed by atoms with Crippen LogP contribution < -0.4 is 5.32 Å². The molecule has 2 amide bonds. The molecule has 116 valence electrons. The lowest BCUT2D eigenvalue weighted by molar-refractivity contribution is -0.150. The summed E-state index contributed by atoms with van der Waals surface area (Å²) in [6, 6.07) is -0.175. The van der Waals surface area contributed by atoms with E-state index in [2.05, 4.69) is 15.6 Å². The van der Waals surface area contributed by atoms with Crippen molar-refractivity contribution in [3.05, 3.63) is 11.9 Å². The molecule has 1 fully saturated rings. The molecule has 1 aliphatic heterocycles. The highest BCUT2D eigenvalue weighted by Crippen LogP contribution is 2.30. The predicted octanol–water partition coefficient (Wildman–Crippen LogP) is 0.694. The summed E-state index contributed by atoms with van der Waals surface area (Å²) in [4.78, 5) is 24.9. The lowest BCUT2D eigenvalue weighted by Gasteiger charge is -2.36. The number of carboxylic acid groups (broad SMARTS) is 1. The lowest BCUT2D eigenvalue weighted by Crippen LogP contribution is -2.48. The summed E-state index contributed by atoms with van der Waals surface area (Å²) in [5.74, 6) is -0.791. The van der Waals surface area contributed by atoms with Crippen molar-refractivity contribution in [3.8, 4) is 0 Å². The first-order chi connectivity index (χ1) is 9.96. The number of carbonyl (C=O) groups excluding carboxylic acids is 1. The first kappa shape index (κ1) is 15.3. The van der Waals surface area contributed by atoms with Gasteiger partial charge in [-0.25, -0.2) is 9.48 Å². The Balaban J connectivity index is 1.84. The normalized spacial score (nSPS) is 17.5. The van der Waals surface area contributed by atoms with Crippen molar-refractivity contribution in [2.24, 2.45) is 5.41 Å². The molecule has 0 bridgehead atoms. The van der Waals surface area contributed by atoms with Gasteiger partial charge in [-0.1, -0.05) is 5.21 Å². The number of hydrogen-bond donors (Lipinski definition) is 2. The minimum Gasteiger partial charge on any atom is -0.481 e. The molecule has 2 heterocycles. The van der Waals surface area contributed by atoms with Gasteiger partial charge in [0, 0.05) is 19.6 Å². The number of carboxylic acids is 1. The highest BCUT2D eigenvalue weighted by molar-refractivity contribution is 5.76. The van der Waals surface area contributed by atoms with Gasteiger partial charge < -0.3 is 15.3 Å². The summed E-state index contributed by atoms with van der Waals surface area (Å²) in [6.07, 6.45) is 2.58. The van der Waals surface area contributed by atoms with Crippen LogP contribution in [0.2, 0.25) is 0 Å². The lowest BCUT2D eigenvalue weighted by atomic mass is 9.80. The van der Waals surface area contributed by atoms with E-state index in [-0.39, 0.29) is 6.03 Å². The highest BCUT2D eigenvalue weighted by atomic mass is 16.4. The first-order valence-electron chi connectivity index (χ1n) is 7.10. The Morgan fingerprint density at radius 2 is 2.10 bits per heavy atom. The van der Waals surface area contributed by atoms with Gasteiger partial charge in [0.1, 0.15) is 0 Å². The molecule has 0 spiro atoms. The number of rotatable bonds is 4. The molecule has 1 saturated heterocycles. The molecule has 8 nitrogen and oxygen atoms in total. The van der Waals surface area contributed by atoms with Gasteiger partial charge in [-0.05, 0) is 26.7 Å². The fraction of sp³-hybridized carbons (Fsp3) is 0.692. The third-order valence-electron chi connectivity index (χ3n) is 4.09. The van der Waals surface area contributed by atoms with Crippen LogP contribution in [-0.2, 0) is 17.9 Å². The predicted molar refractivity (Wildman–Crippen MR) is 74.5 cm³/mol. The van der Waals surface area contributed by atoms with E-state index in [0.29, 0.717) is 39.0 Å². The number of carbonyl (C=O) groups is 2. The van der Waals surface area contributed by atoms with Crippen LogP contribution in [0, 0.1) is 5.41 Å². The number of likely N-dealkylation sites (tertiary alicyclic amines) is 1. The van der Waals surface area contributed by atoms with Crippen molar-refractivity contribution in [1.29, 1.82) is 0 Å². The molecule has 8 heteroatoms. The number of urea groups is 1. The van der Waals surface area contributed by atoms with E-state index in [4.69, 9.17) is 0 Å². The molecule has 0 atom stereocenters. The number of amides is 2. The number of aliphatic carboxylic acids is 1. The monoisotopic (exact) mass is 295 g/mol. The molecular weight excluding hydrogens is 274 g/mol. The van der Waals surface area contributed by atoms with E-state index < -0.39 is 11.4 Å². The number of nitrogens with zero attached hydrogens (tertiary/aromatic N) is 4. The Labute approximate surface area is 123 Å². The average Bonchev–Trinajstić information content (AvgIpc) is 2.92. The number of piperidine rings is 1. The van der Waals surface area contributed by atoms with Crippen molar-refractivity contribution in [1.82, 2.24) is 25.2 Å². The fourth-order valence-corrected chi connectivity index (χ4v) is 2.38. The van der Waals surface area contributed by atoms with Gasteiger partial charge in [-0.2, -0.15) is 0 Å². The van der Waals surface area contributed by atoms with Crippen molar-refractivity contribution in [2.75, 3.05) is 13.1 Å². The maximum Gasteiger partial charge on any atom is 0.317 e. The fourth-order valence-electron chi connectivity index (χ4n) is 2.38. The highest BCUT2D eigenvalue weighted by Gasteiger charge is 2.37. The van der Waals surface area contributed by atoms with Gasteiger partial charge in [-0.3, -0.25) is 4.79 Å². The second-order valence-corrected chi connectivity index (χ2v) is 5.55. The Kier molecular flexibility index (Phi) is 4.44. The van der Waals surface area contributed by atoms with Gasteiger partial charge in [0.25, 0.3) is 0 Å². The summed E-state index contributed by atoms with van der Waals surface area (Å²) in [6.45, 7) is 5.67. The summed E-state index contributed by atoms with van der Waals surface area (Å²) in [7, 11) is 0. The zero-order valence-corrected chi connectivity index (χ0v) is 12.4. The topological polar surface area (TPSA) is 100 Å². The van der Waals surface area contributed by atoms with Gasteiger partial charge in [0.05, 0.1) is 23.9 Å². The molecule has 0 saturated carbocycles. The molecule has 1 aliphatic rings. The van der Waals surface area contributed by atoms with E-state index >= 15 is 0 Å². The van der Waals surface area contributed by atoms with Gasteiger partial charge >= 0.3 is 12.0 Å². The first-order valence-corrected chi connectivity index (χ1v) is 7.10. The number of aryl methyl sites for hydroxylation is 1. The summed E-state index contributed by atoms with van der Waals surface area (Å²) < 4.78 is 1.72. The largest absolute Gasteiger partial charge is 0.481 e. The number of nitrogens with one attached hydrogen (secondary N) is 1. The summed E-state index contributed by atoms with van der Waals surface area (Å²) in [5.41, 5.74) is 0.125. The molecular formula is C13H21N5O3. The minimum atomic E-state index is -0.791. The van der Waals surface area contributed by atoms with E-state index in [0.717, 1.165) is 5.69 Å². The maximum absolute atomic E-state index is 12.1. The molecule has 21 heavy (non-hydrogen) atoms. The van der Waals surface area contributed by atoms with Crippen LogP contribution in [0.4, 0.5) is 4.79 Å². The smallest absolute Gasteiger partial charge is 0.317 e. The van der Waals surface area contributed by atoms with E-state index in [1.807, 2.05) is 6.92 Å². The van der Waals surface area contributed by atoms with Crippen LogP contribution in [0.1, 0.15) is 32.4 Å². The molecule has 2 rings (SSSR count). The van der Waals surface area contributed by atoms with Crippen LogP contribution in [0.25, 0.3) is 0 Å². The van der Waals surface area contributed by atoms with Crippen LogP contribution in [0.5, 0.6) is 0 Å². The van der Waals surface area contributed by atoms with Crippen LogP contribution >= 0.6 is 0 Å². The molecule has 1 aromatic heterocycles.